The number of carbonyl (C=O) groups excluding carboxylic acids is 1. The number of aliphatic hydroxyl groups excluding tert-OH is 1. The third kappa shape index (κ3) is 5.62. The number of benzene rings is 4. The molecule has 3 atom stereocenters. The second kappa shape index (κ2) is 12.5. The van der Waals surface area contributed by atoms with Crippen molar-refractivity contribution in [3.63, 3.8) is 0 Å². The van der Waals surface area contributed by atoms with Gasteiger partial charge in [0.25, 0.3) is 5.91 Å². The zero-order valence-corrected chi connectivity index (χ0v) is 25.2. The predicted molar refractivity (Wildman–Crippen MR) is 175 cm³/mol. The van der Waals surface area contributed by atoms with Gasteiger partial charge in [0.2, 0.25) is 0 Å². The third-order valence-electron chi connectivity index (χ3n) is 8.45. The third-order valence-corrected chi connectivity index (χ3v) is 8.45. The summed E-state index contributed by atoms with van der Waals surface area (Å²) in [5, 5.41) is 14.5. The summed E-state index contributed by atoms with van der Waals surface area (Å²) in [6.45, 7) is 2.16. The molecule has 1 fully saturated rings. The van der Waals surface area contributed by atoms with E-state index in [2.05, 4.69) is 39.6 Å². The number of aliphatic hydroxyl groups is 1. The number of aromatic nitrogens is 4. The van der Waals surface area contributed by atoms with Crippen LogP contribution in [-0.2, 0) is 10.5 Å². The van der Waals surface area contributed by atoms with E-state index in [4.69, 9.17) is 14.5 Å². The average Bonchev–Trinajstić information content (AvgIpc) is 3.68. The van der Waals surface area contributed by atoms with Crippen LogP contribution in [0.4, 0.5) is 5.82 Å². The summed E-state index contributed by atoms with van der Waals surface area (Å²) in [5.74, 6) is 0.295. The van der Waals surface area contributed by atoms with Crippen molar-refractivity contribution in [3.05, 3.63) is 150 Å². The zero-order chi connectivity index (χ0) is 31.5. The highest BCUT2D eigenvalue weighted by Gasteiger charge is 2.54. The van der Waals surface area contributed by atoms with Gasteiger partial charge < -0.3 is 19.9 Å². The lowest BCUT2D eigenvalue weighted by Crippen LogP contribution is -2.41. The minimum atomic E-state index is -1.17. The van der Waals surface area contributed by atoms with Crippen LogP contribution >= 0.6 is 0 Å². The molecule has 1 aliphatic rings. The van der Waals surface area contributed by atoms with Crippen molar-refractivity contribution in [3.8, 4) is 5.75 Å². The van der Waals surface area contributed by atoms with Crippen molar-refractivity contribution in [2.24, 2.45) is 0 Å². The van der Waals surface area contributed by atoms with Crippen LogP contribution in [0.15, 0.2) is 128 Å². The predicted octanol–water partition coefficient (Wildman–Crippen LogP) is 6.10. The molecule has 0 saturated carbocycles. The van der Waals surface area contributed by atoms with Crippen molar-refractivity contribution >= 4 is 22.9 Å². The first-order valence-electron chi connectivity index (χ1n) is 15.2. The molecule has 9 nitrogen and oxygen atoms in total. The standard InChI is InChI=1S/C37H33N5O4/c1-25-17-19-29(20-18-25)45-22-31-30(43)21-37(46-31,32(26-11-5-2-6-12-26)27-13-7-3-8-14-27)42-24-40-33-34(38-23-39-35(33)42)41-36(44)28-15-9-4-10-16-28/h2-20,23-24,30-32,43H,21-22H2,1H3,(H,38,39,41,44)/t30-,31+,37-/m0/s1. The SMILES string of the molecule is Cc1ccc(OC[C@H]2O[C@@](C(c3ccccc3)c3ccccc3)(n3cnc4c(NC(=O)c5ccccc5)ncnc43)C[C@@H]2O)cc1. The number of ether oxygens (including phenoxy) is 2. The Kier molecular flexibility index (Phi) is 8.00. The van der Waals surface area contributed by atoms with Crippen LogP contribution in [0.2, 0.25) is 0 Å². The number of carbonyl (C=O) groups is 1. The van der Waals surface area contributed by atoms with Crippen LogP contribution in [-0.4, -0.2) is 49.3 Å². The fourth-order valence-corrected chi connectivity index (χ4v) is 6.23. The van der Waals surface area contributed by atoms with Crippen molar-refractivity contribution in [2.45, 2.75) is 37.2 Å². The molecule has 46 heavy (non-hydrogen) atoms. The van der Waals surface area contributed by atoms with E-state index in [1.165, 1.54) is 6.33 Å². The van der Waals surface area contributed by atoms with Crippen molar-refractivity contribution < 1.29 is 19.4 Å². The number of hydrogen-bond donors (Lipinski definition) is 2. The number of imidazole rings is 1. The van der Waals surface area contributed by atoms with Crippen LogP contribution in [0.1, 0.15) is 39.4 Å². The van der Waals surface area contributed by atoms with E-state index in [1.807, 2.05) is 78.2 Å². The molecule has 4 aromatic carbocycles. The fourth-order valence-electron chi connectivity index (χ4n) is 6.23. The van der Waals surface area contributed by atoms with Crippen LogP contribution in [0.3, 0.4) is 0 Å². The Morgan fingerprint density at radius 3 is 2.20 bits per heavy atom. The summed E-state index contributed by atoms with van der Waals surface area (Å²) in [6, 6.07) is 36.9. The zero-order valence-electron chi connectivity index (χ0n) is 25.2. The lowest BCUT2D eigenvalue weighted by Gasteiger charge is -2.39. The Labute approximate surface area is 266 Å². The highest BCUT2D eigenvalue weighted by molar-refractivity contribution is 6.06. The first-order valence-corrected chi connectivity index (χ1v) is 15.2. The van der Waals surface area contributed by atoms with Crippen molar-refractivity contribution in [1.29, 1.82) is 0 Å². The number of aryl methyl sites for hydroxylation is 1. The maximum atomic E-state index is 13.1. The Hall–Kier alpha value is -5.38. The molecule has 0 aliphatic carbocycles. The number of fused-ring (bicyclic) bond motifs is 1. The van der Waals surface area contributed by atoms with E-state index >= 15 is 0 Å². The molecule has 1 amide bonds. The average molecular weight is 612 g/mol. The van der Waals surface area contributed by atoms with Gasteiger partial charge in [0.15, 0.2) is 22.7 Å². The smallest absolute Gasteiger partial charge is 0.256 e. The van der Waals surface area contributed by atoms with Gasteiger partial charge in [-0.2, -0.15) is 0 Å². The van der Waals surface area contributed by atoms with Gasteiger partial charge in [0, 0.05) is 12.0 Å². The lowest BCUT2D eigenvalue weighted by molar-refractivity contribution is -0.121. The van der Waals surface area contributed by atoms with Gasteiger partial charge in [0.05, 0.1) is 18.3 Å². The van der Waals surface area contributed by atoms with Crippen LogP contribution < -0.4 is 10.1 Å². The summed E-state index contributed by atoms with van der Waals surface area (Å²) < 4.78 is 15.0. The molecular weight excluding hydrogens is 578 g/mol. The number of rotatable bonds is 9. The van der Waals surface area contributed by atoms with Gasteiger partial charge in [-0.3, -0.25) is 9.36 Å². The molecule has 1 aliphatic heterocycles. The van der Waals surface area contributed by atoms with E-state index in [9.17, 15) is 9.90 Å². The van der Waals surface area contributed by atoms with Gasteiger partial charge in [-0.25, -0.2) is 15.0 Å². The van der Waals surface area contributed by atoms with E-state index in [0.29, 0.717) is 22.5 Å². The molecule has 3 heterocycles. The van der Waals surface area contributed by atoms with Crippen molar-refractivity contribution in [2.75, 3.05) is 11.9 Å². The monoisotopic (exact) mass is 611 g/mol. The Balaban J connectivity index is 1.33. The number of hydrogen-bond acceptors (Lipinski definition) is 7. The molecule has 9 heteroatoms. The fraction of sp³-hybridized carbons (Fsp3) is 0.189. The molecule has 1 saturated heterocycles. The highest BCUT2D eigenvalue weighted by atomic mass is 16.6. The summed E-state index contributed by atoms with van der Waals surface area (Å²) >= 11 is 0. The quantitative estimate of drug-likeness (QED) is 0.203. The first-order chi connectivity index (χ1) is 22.5. The minimum Gasteiger partial charge on any atom is -0.491 e. The van der Waals surface area contributed by atoms with Crippen molar-refractivity contribution in [1.82, 2.24) is 19.5 Å². The maximum absolute atomic E-state index is 13.1. The molecule has 0 bridgehead atoms. The molecule has 7 rings (SSSR count). The number of anilines is 1. The Bertz CT molecular complexity index is 1890. The van der Waals surface area contributed by atoms with Gasteiger partial charge in [0.1, 0.15) is 24.8 Å². The number of amides is 1. The van der Waals surface area contributed by atoms with Gasteiger partial charge in [-0.1, -0.05) is 96.6 Å². The molecule has 6 aromatic rings. The van der Waals surface area contributed by atoms with E-state index < -0.39 is 17.9 Å². The lowest BCUT2D eigenvalue weighted by atomic mass is 9.80. The second-order valence-electron chi connectivity index (χ2n) is 11.5. The summed E-state index contributed by atoms with van der Waals surface area (Å²) in [7, 11) is 0. The topological polar surface area (TPSA) is 111 Å². The summed E-state index contributed by atoms with van der Waals surface area (Å²) in [5.41, 5.74) is 3.31. The maximum Gasteiger partial charge on any atom is 0.256 e. The number of nitrogens with zero attached hydrogens (tertiary/aromatic N) is 4. The minimum absolute atomic E-state index is 0.141. The first kappa shape index (κ1) is 29.3. The summed E-state index contributed by atoms with van der Waals surface area (Å²) in [4.78, 5) is 26.8. The largest absolute Gasteiger partial charge is 0.491 e. The van der Waals surface area contributed by atoms with Gasteiger partial charge in [-0.05, 0) is 42.3 Å². The van der Waals surface area contributed by atoms with Crippen LogP contribution in [0, 0.1) is 6.92 Å². The molecule has 2 N–H and O–H groups in total. The Morgan fingerprint density at radius 1 is 0.913 bits per heavy atom. The Morgan fingerprint density at radius 2 is 1.54 bits per heavy atom. The normalized spacial score (nSPS) is 19.4. The van der Waals surface area contributed by atoms with Gasteiger partial charge in [-0.15, -0.1) is 0 Å². The molecule has 0 unspecified atom stereocenters. The molecule has 0 spiro atoms. The summed E-state index contributed by atoms with van der Waals surface area (Å²) in [6.07, 6.45) is 1.76. The van der Waals surface area contributed by atoms with Crippen LogP contribution in [0.25, 0.3) is 11.2 Å². The molecule has 230 valence electrons. The molecule has 0 radical (unpaired) electrons. The second-order valence-corrected chi connectivity index (χ2v) is 11.5. The molecule has 2 aromatic heterocycles. The van der Waals surface area contributed by atoms with Crippen LogP contribution in [0.5, 0.6) is 5.75 Å². The van der Waals surface area contributed by atoms with E-state index in [1.54, 1.807) is 30.6 Å². The number of nitrogens with one attached hydrogen (secondary N) is 1. The van der Waals surface area contributed by atoms with Gasteiger partial charge >= 0.3 is 0 Å². The highest BCUT2D eigenvalue weighted by Crippen LogP contribution is 2.50. The van der Waals surface area contributed by atoms with E-state index in [0.717, 1.165) is 16.7 Å². The molecular formula is C37H33N5O4. The van der Waals surface area contributed by atoms with E-state index in [-0.39, 0.29) is 30.7 Å².